The third-order valence-corrected chi connectivity index (χ3v) is 3.71. The Hall–Kier alpha value is -1.97. The van der Waals surface area contributed by atoms with Gasteiger partial charge in [0.25, 0.3) is 0 Å². The molecule has 2 aromatic carbocycles. The first kappa shape index (κ1) is 14.0. The van der Waals surface area contributed by atoms with Crippen molar-refractivity contribution >= 4 is 39.9 Å². The fraction of sp³-hybridized carbons (Fsp3) is 0.0625. The lowest BCUT2D eigenvalue weighted by Gasteiger charge is -2.08. The fourth-order valence-corrected chi connectivity index (χ4v) is 2.42. The van der Waals surface area contributed by atoms with E-state index in [0.29, 0.717) is 38.8 Å². The molecule has 0 aliphatic rings. The molecular formula is C16H11Cl2NO2. The summed E-state index contributed by atoms with van der Waals surface area (Å²) in [5, 5.41) is 4.79. The van der Waals surface area contributed by atoms with Gasteiger partial charge in [0, 0.05) is 11.6 Å². The summed E-state index contributed by atoms with van der Waals surface area (Å²) in [6.07, 6.45) is 1.47. The molecule has 0 atom stereocenters. The Morgan fingerprint density at radius 1 is 1.10 bits per heavy atom. The highest BCUT2D eigenvalue weighted by molar-refractivity contribution is 6.35. The molecule has 5 heteroatoms. The lowest BCUT2D eigenvalue weighted by atomic mass is 10.1. The fourth-order valence-electron chi connectivity index (χ4n) is 2.06. The largest absolute Gasteiger partial charge is 0.464 e. The van der Waals surface area contributed by atoms with Crippen molar-refractivity contribution in [1.82, 2.24) is 0 Å². The third-order valence-electron chi connectivity index (χ3n) is 3.15. The zero-order valence-electron chi connectivity index (χ0n) is 10.9. The molecule has 0 spiro atoms. The summed E-state index contributed by atoms with van der Waals surface area (Å²) in [7, 11) is 0. The SMILES string of the molecule is O=c1c(CNc2cc(Cl)ccc2Cl)coc2ccccc12. The van der Waals surface area contributed by atoms with Gasteiger partial charge in [0.1, 0.15) is 5.58 Å². The van der Waals surface area contributed by atoms with E-state index in [-0.39, 0.29) is 5.43 Å². The lowest BCUT2D eigenvalue weighted by Crippen LogP contribution is -2.12. The van der Waals surface area contributed by atoms with Crippen LogP contribution in [-0.2, 0) is 6.54 Å². The Morgan fingerprint density at radius 3 is 2.76 bits per heavy atom. The van der Waals surface area contributed by atoms with Crippen LogP contribution in [0.25, 0.3) is 11.0 Å². The van der Waals surface area contributed by atoms with Crippen LogP contribution < -0.4 is 10.7 Å². The minimum Gasteiger partial charge on any atom is -0.464 e. The van der Waals surface area contributed by atoms with E-state index in [1.807, 2.05) is 12.1 Å². The summed E-state index contributed by atoms with van der Waals surface area (Å²) < 4.78 is 5.47. The van der Waals surface area contributed by atoms with Crippen molar-refractivity contribution in [2.75, 3.05) is 5.32 Å². The summed E-state index contributed by atoms with van der Waals surface area (Å²) in [6.45, 7) is 0.313. The van der Waals surface area contributed by atoms with E-state index < -0.39 is 0 Å². The van der Waals surface area contributed by atoms with Gasteiger partial charge in [-0.3, -0.25) is 4.79 Å². The Bertz CT molecular complexity index is 858. The van der Waals surface area contributed by atoms with Crippen LogP contribution in [0.4, 0.5) is 5.69 Å². The summed E-state index contributed by atoms with van der Waals surface area (Å²) in [4.78, 5) is 12.3. The van der Waals surface area contributed by atoms with Gasteiger partial charge in [0.2, 0.25) is 0 Å². The summed E-state index contributed by atoms with van der Waals surface area (Å²) in [5.74, 6) is 0. The first-order valence-corrected chi connectivity index (χ1v) is 7.09. The standard InChI is InChI=1S/C16H11Cl2NO2/c17-11-5-6-13(18)14(7-11)19-8-10-9-21-15-4-2-1-3-12(15)16(10)20/h1-7,9,19H,8H2. The molecule has 3 aromatic rings. The molecule has 0 radical (unpaired) electrons. The van der Waals surface area contributed by atoms with Crippen molar-refractivity contribution in [3.05, 3.63) is 74.6 Å². The van der Waals surface area contributed by atoms with E-state index in [1.165, 1.54) is 6.26 Å². The van der Waals surface area contributed by atoms with Gasteiger partial charge in [-0.1, -0.05) is 35.3 Å². The number of halogens is 2. The van der Waals surface area contributed by atoms with Gasteiger partial charge in [-0.25, -0.2) is 0 Å². The highest BCUT2D eigenvalue weighted by atomic mass is 35.5. The molecule has 3 rings (SSSR count). The summed E-state index contributed by atoms with van der Waals surface area (Å²) in [5.41, 5.74) is 1.73. The van der Waals surface area contributed by atoms with Gasteiger partial charge in [0.05, 0.1) is 27.9 Å². The number of anilines is 1. The highest BCUT2D eigenvalue weighted by Crippen LogP contribution is 2.25. The van der Waals surface area contributed by atoms with Gasteiger partial charge in [-0.15, -0.1) is 0 Å². The van der Waals surface area contributed by atoms with Gasteiger partial charge in [-0.2, -0.15) is 0 Å². The second kappa shape index (κ2) is 5.80. The number of nitrogens with one attached hydrogen (secondary N) is 1. The van der Waals surface area contributed by atoms with E-state index in [2.05, 4.69) is 5.32 Å². The molecule has 0 amide bonds. The minimum atomic E-state index is -0.0532. The topological polar surface area (TPSA) is 42.2 Å². The summed E-state index contributed by atoms with van der Waals surface area (Å²) >= 11 is 12.0. The number of hydrogen-bond acceptors (Lipinski definition) is 3. The van der Waals surface area contributed by atoms with Crippen LogP contribution in [0, 0.1) is 0 Å². The van der Waals surface area contributed by atoms with E-state index in [4.69, 9.17) is 27.6 Å². The first-order chi connectivity index (χ1) is 10.1. The van der Waals surface area contributed by atoms with Crippen molar-refractivity contribution in [3.63, 3.8) is 0 Å². The number of fused-ring (bicyclic) bond motifs is 1. The number of benzene rings is 2. The van der Waals surface area contributed by atoms with Crippen molar-refractivity contribution in [2.45, 2.75) is 6.54 Å². The Morgan fingerprint density at radius 2 is 1.90 bits per heavy atom. The molecule has 0 bridgehead atoms. The van der Waals surface area contributed by atoms with Crippen LogP contribution >= 0.6 is 23.2 Å². The molecule has 0 unspecified atom stereocenters. The van der Waals surface area contributed by atoms with Gasteiger partial charge < -0.3 is 9.73 Å². The molecule has 3 nitrogen and oxygen atoms in total. The number of rotatable bonds is 3. The van der Waals surface area contributed by atoms with Crippen LogP contribution in [-0.4, -0.2) is 0 Å². The lowest BCUT2D eigenvalue weighted by molar-refractivity contribution is 0.594. The van der Waals surface area contributed by atoms with Crippen LogP contribution in [0.3, 0.4) is 0 Å². The molecule has 0 saturated heterocycles. The highest BCUT2D eigenvalue weighted by Gasteiger charge is 2.07. The van der Waals surface area contributed by atoms with E-state index in [9.17, 15) is 4.79 Å². The maximum absolute atomic E-state index is 12.3. The predicted molar refractivity (Wildman–Crippen MR) is 86.3 cm³/mol. The van der Waals surface area contributed by atoms with Crippen molar-refractivity contribution in [1.29, 1.82) is 0 Å². The molecule has 1 N–H and O–H groups in total. The molecule has 106 valence electrons. The second-order valence-electron chi connectivity index (χ2n) is 4.56. The first-order valence-electron chi connectivity index (χ1n) is 6.33. The van der Waals surface area contributed by atoms with Crippen molar-refractivity contribution in [2.24, 2.45) is 0 Å². The van der Waals surface area contributed by atoms with Crippen LogP contribution in [0.5, 0.6) is 0 Å². The molecule has 21 heavy (non-hydrogen) atoms. The smallest absolute Gasteiger partial charge is 0.197 e. The van der Waals surface area contributed by atoms with Crippen LogP contribution in [0.2, 0.25) is 10.0 Å². The molecule has 1 heterocycles. The summed E-state index contributed by atoms with van der Waals surface area (Å²) in [6, 6.07) is 12.3. The van der Waals surface area contributed by atoms with Gasteiger partial charge in [-0.05, 0) is 30.3 Å². The van der Waals surface area contributed by atoms with Crippen LogP contribution in [0.15, 0.2) is 57.9 Å². The van der Waals surface area contributed by atoms with E-state index in [1.54, 1.807) is 30.3 Å². The molecule has 0 aliphatic heterocycles. The number of para-hydroxylation sites is 1. The van der Waals surface area contributed by atoms with E-state index in [0.717, 1.165) is 0 Å². The Balaban J connectivity index is 1.90. The monoisotopic (exact) mass is 319 g/mol. The quantitative estimate of drug-likeness (QED) is 0.760. The zero-order valence-corrected chi connectivity index (χ0v) is 12.4. The normalized spacial score (nSPS) is 10.8. The predicted octanol–water partition coefficient (Wildman–Crippen LogP) is 4.71. The maximum Gasteiger partial charge on any atom is 0.197 e. The molecule has 0 saturated carbocycles. The molecule has 0 fully saturated rings. The minimum absolute atomic E-state index is 0.0532. The Kier molecular flexibility index (Phi) is 3.86. The zero-order chi connectivity index (χ0) is 14.8. The van der Waals surface area contributed by atoms with Gasteiger partial charge >= 0.3 is 0 Å². The van der Waals surface area contributed by atoms with Crippen LogP contribution in [0.1, 0.15) is 5.56 Å². The van der Waals surface area contributed by atoms with Crippen molar-refractivity contribution < 1.29 is 4.42 Å². The molecular weight excluding hydrogens is 309 g/mol. The van der Waals surface area contributed by atoms with Crippen molar-refractivity contribution in [3.8, 4) is 0 Å². The average Bonchev–Trinajstić information content (AvgIpc) is 2.50. The molecule has 1 aromatic heterocycles. The molecule has 0 aliphatic carbocycles. The third kappa shape index (κ3) is 2.89. The Labute approximate surface area is 131 Å². The second-order valence-corrected chi connectivity index (χ2v) is 5.41. The van der Waals surface area contributed by atoms with Gasteiger partial charge in [0.15, 0.2) is 5.43 Å². The van der Waals surface area contributed by atoms with E-state index >= 15 is 0 Å². The number of hydrogen-bond donors (Lipinski definition) is 1. The average molecular weight is 320 g/mol. The maximum atomic E-state index is 12.3.